The molecule has 0 unspecified atom stereocenters. The highest BCUT2D eigenvalue weighted by Gasteiger charge is 2.28. The highest BCUT2D eigenvalue weighted by atomic mass is 16.1. The lowest BCUT2D eigenvalue weighted by molar-refractivity contribution is 0.798. The second kappa shape index (κ2) is 6.35. The predicted molar refractivity (Wildman–Crippen MR) is 125 cm³/mol. The van der Waals surface area contributed by atoms with Crippen LogP contribution in [-0.2, 0) is 6.54 Å². The molecule has 2 aromatic heterocycles. The first kappa shape index (κ1) is 18.0. The maximum Gasteiger partial charge on any atom is 0.262 e. The van der Waals surface area contributed by atoms with Crippen molar-refractivity contribution in [1.82, 2.24) is 14.5 Å². The van der Waals surface area contributed by atoms with E-state index < -0.39 is 0 Å². The van der Waals surface area contributed by atoms with Crippen LogP contribution in [0.15, 0.2) is 65.5 Å². The number of pyridine rings is 1. The van der Waals surface area contributed by atoms with Gasteiger partial charge in [-0.3, -0.25) is 9.36 Å². The molecule has 31 heavy (non-hydrogen) atoms. The van der Waals surface area contributed by atoms with E-state index in [1.165, 1.54) is 11.1 Å². The minimum Gasteiger partial charge on any atom is -0.286 e. The number of fused-ring (bicyclic) bond motifs is 5. The van der Waals surface area contributed by atoms with Crippen LogP contribution in [0.1, 0.15) is 22.3 Å². The van der Waals surface area contributed by atoms with Crippen LogP contribution in [0, 0.1) is 20.8 Å². The Morgan fingerprint density at radius 3 is 2.35 bits per heavy atom. The molecule has 6 rings (SSSR count). The van der Waals surface area contributed by atoms with E-state index >= 15 is 0 Å². The van der Waals surface area contributed by atoms with Gasteiger partial charge in [-0.2, -0.15) is 0 Å². The lowest BCUT2D eigenvalue weighted by atomic mass is 9.92. The third kappa shape index (κ3) is 2.65. The summed E-state index contributed by atoms with van der Waals surface area (Å²) in [5, 5.41) is 1.76. The topological polar surface area (TPSA) is 47.8 Å². The second-order valence-electron chi connectivity index (χ2n) is 8.55. The van der Waals surface area contributed by atoms with E-state index in [9.17, 15) is 4.79 Å². The minimum atomic E-state index is -0.00907. The van der Waals surface area contributed by atoms with Crippen molar-refractivity contribution in [2.45, 2.75) is 27.3 Å². The third-order valence-corrected chi connectivity index (χ3v) is 6.14. The maximum absolute atomic E-state index is 13.3. The number of hydrogen-bond donors (Lipinski definition) is 0. The molecule has 0 amide bonds. The molecule has 1 aliphatic heterocycles. The fraction of sp³-hybridized carbons (Fsp3) is 0.148. The first-order chi connectivity index (χ1) is 15.0. The summed E-state index contributed by atoms with van der Waals surface area (Å²) in [7, 11) is 0. The number of hydrogen-bond acceptors (Lipinski definition) is 3. The number of benzene rings is 3. The van der Waals surface area contributed by atoms with Crippen molar-refractivity contribution in [1.29, 1.82) is 0 Å². The number of nitrogens with zero attached hydrogens (tertiary/aromatic N) is 3. The second-order valence-corrected chi connectivity index (χ2v) is 8.55. The quantitative estimate of drug-likeness (QED) is 0.361. The van der Waals surface area contributed by atoms with Crippen molar-refractivity contribution >= 4 is 21.8 Å². The summed E-state index contributed by atoms with van der Waals surface area (Å²) in [6.45, 7) is 6.81. The Morgan fingerprint density at radius 1 is 0.774 bits per heavy atom. The maximum atomic E-state index is 13.3. The fourth-order valence-corrected chi connectivity index (χ4v) is 4.86. The molecule has 0 atom stereocenters. The molecule has 3 aromatic carbocycles. The average molecular weight is 403 g/mol. The molecular weight excluding hydrogens is 382 g/mol. The molecule has 0 radical (unpaired) electrons. The predicted octanol–water partition coefficient (Wildman–Crippen LogP) is 5.57. The lowest BCUT2D eigenvalue weighted by Gasteiger charge is -2.14. The van der Waals surface area contributed by atoms with Crippen molar-refractivity contribution in [2.75, 3.05) is 0 Å². The zero-order valence-electron chi connectivity index (χ0n) is 17.7. The zero-order chi connectivity index (χ0) is 21.3. The van der Waals surface area contributed by atoms with Crippen LogP contribution in [0.25, 0.3) is 44.5 Å². The van der Waals surface area contributed by atoms with E-state index in [1.54, 1.807) is 4.57 Å². The molecule has 0 fully saturated rings. The Bertz CT molecular complexity index is 1590. The monoisotopic (exact) mass is 403 g/mol. The van der Waals surface area contributed by atoms with Gasteiger partial charge in [0.15, 0.2) is 5.82 Å². The summed E-state index contributed by atoms with van der Waals surface area (Å²) < 4.78 is 1.78. The standard InChI is InChI=1S/C27H21N3O/c1-15-8-9-19-23(13-15)28-25-21(24(19)18-11-16(2)10-17(3)12-18)14-30-26(25)29-22-7-5-4-6-20(22)27(30)31/h4-13H,14H2,1-3H3. The van der Waals surface area contributed by atoms with E-state index in [0.717, 1.165) is 38.9 Å². The Morgan fingerprint density at radius 2 is 1.55 bits per heavy atom. The fourth-order valence-electron chi connectivity index (χ4n) is 4.86. The van der Waals surface area contributed by atoms with Crippen LogP contribution in [-0.4, -0.2) is 14.5 Å². The van der Waals surface area contributed by atoms with Gasteiger partial charge in [0.1, 0.15) is 5.69 Å². The van der Waals surface area contributed by atoms with Gasteiger partial charge < -0.3 is 0 Å². The van der Waals surface area contributed by atoms with Gasteiger partial charge in [-0.15, -0.1) is 0 Å². The van der Waals surface area contributed by atoms with Crippen molar-refractivity contribution < 1.29 is 0 Å². The van der Waals surface area contributed by atoms with Crippen molar-refractivity contribution in [3.8, 4) is 22.6 Å². The van der Waals surface area contributed by atoms with E-state index in [1.807, 2.05) is 24.3 Å². The van der Waals surface area contributed by atoms with Gasteiger partial charge >= 0.3 is 0 Å². The lowest BCUT2D eigenvalue weighted by Crippen LogP contribution is -2.20. The van der Waals surface area contributed by atoms with Crippen LogP contribution in [0.3, 0.4) is 0 Å². The van der Waals surface area contributed by atoms with Gasteiger partial charge in [0, 0.05) is 10.9 Å². The highest BCUT2D eigenvalue weighted by Crippen LogP contribution is 2.41. The number of aryl methyl sites for hydroxylation is 3. The van der Waals surface area contributed by atoms with Crippen molar-refractivity contribution in [2.24, 2.45) is 0 Å². The molecule has 0 saturated heterocycles. The number of aromatic nitrogens is 3. The SMILES string of the molecule is Cc1cc(C)cc(-c2c3c(nc4cc(C)ccc24)-c2nc4ccccc4c(=O)n2C3)c1. The Hall–Kier alpha value is -3.79. The van der Waals surface area contributed by atoms with Gasteiger partial charge in [-0.25, -0.2) is 9.97 Å². The molecule has 1 aliphatic rings. The molecule has 0 aliphatic carbocycles. The summed E-state index contributed by atoms with van der Waals surface area (Å²) >= 11 is 0. The van der Waals surface area contributed by atoms with Crippen LogP contribution in [0.4, 0.5) is 0 Å². The largest absolute Gasteiger partial charge is 0.286 e. The Labute approximate surface area is 179 Å². The van der Waals surface area contributed by atoms with Crippen LogP contribution < -0.4 is 5.56 Å². The van der Waals surface area contributed by atoms with Crippen molar-refractivity contribution in [3.63, 3.8) is 0 Å². The molecule has 0 bridgehead atoms. The molecule has 150 valence electrons. The number of rotatable bonds is 1. The minimum absolute atomic E-state index is 0.00907. The summed E-state index contributed by atoms with van der Waals surface area (Å²) in [5.74, 6) is 0.660. The van der Waals surface area contributed by atoms with Gasteiger partial charge in [0.2, 0.25) is 0 Å². The van der Waals surface area contributed by atoms with Gasteiger partial charge in [0.05, 0.1) is 23.0 Å². The van der Waals surface area contributed by atoms with Gasteiger partial charge in [0.25, 0.3) is 5.56 Å². The van der Waals surface area contributed by atoms with Crippen LogP contribution in [0.2, 0.25) is 0 Å². The molecule has 4 heteroatoms. The summed E-state index contributed by atoms with van der Waals surface area (Å²) in [6, 6.07) is 20.6. The molecule has 0 N–H and O–H groups in total. The highest BCUT2D eigenvalue weighted by molar-refractivity contribution is 6.00. The zero-order valence-corrected chi connectivity index (χ0v) is 17.7. The summed E-state index contributed by atoms with van der Waals surface area (Å²) in [6.07, 6.45) is 0. The molecular formula is C27H21N3O. The Balaban J connectivity index is 1.75. The third-order valence-electron chi connectivity index (χ3n) is 6.14. The van der Waals surface area contributed by atoms with E-state index in [-0.39, 0.29) is 5.56 Å². The first-order valence-electron chi connectivity index (χ1n) is 10.5. The van der Waals surface area contributed by atoms with Crippen LogP contribution in [0.5, 0.6) is 0 Å². The summed E-state index contributed by atoms with van der Waals surface area (Å²) in [4.78, 5) is 23.2. The van der Waals surface area contributed by atoms with E-state index in [4.69, 9.17) is 9.97 Å². The average Bonchev–Trinajstić information content (AvgIpc) is 3.09. The molecule has 5 aromatic rings. The molecule has 4 nitrogen and oxygen atoms in total. The molecule has 0 spiro atoms. The molecule has 3 heterocycles. The number of para-hydroxylation sites is 1. The normalized spacial score (nSPS) is 12.4. The summed E-state index contributed by atoms with van der Waals surface area (Å²) in [5.41, 5.74) is 9.44. The van der Waals surface area contributed by atoms with E-state index in [0.29, 0.717) is 23.3 Å². The van der Waals surface area contributed by atoms with Crippen LogP contribution >= 0.6 is 0 Å². The molecule has 0 saturated carbocycles. The smallest absolute Gasteiger partial charge is 0.262 e. The van der Waals surface area contributed by atoms with Gasteiger partial charge in [-0.1, -0.05) is 53.6 Å². The van der Waals surface area contributed by atoms with E-state index in [2.05, 4.69) is 57.2 Å². The van der Waals surface area contributed by atoms with Gasteiger partial charge in [-0.05, 0) is 55.7 Å². The van der Waals surface area contributed by atoms with Crippen molar-refractivity contribution in [3.05, 3.63) is 93.3 Å². The first-order valence-corrected chi connectivity index (χ1v) is 10.5. The Kier molecular flexibility index (Phi) is 3.69.